The van der Waals surface area contributed by atoms with Gasteiger partial charge in [-0.15, -0.1) is 0 Å². The normalized spacial score (nSPS) is 10.7. The van der Waals surface area contributed by atoms with Crippen molar-refractivity contribution in [3.05, 3.63) is 34.8 Å². The van der Waals surface area contributed by atoms with E-state index in [0.717, 1.165) is 10.2 Å². The van der Waals surface area contributed by atoms with Crippen molar-refractivity contribution in [3.8, 4) is 23.0 Å². The second kappa shape index (κ2) is 7.82. The summed E-state index contributed by atoms with van der Waals surface area (Å²) in [6.45, 7) is 0. The SMILES string of the molecule is COc1ccc(/N=N/c2cc(OC)c(OC)c(OC)c2)cc1Br. The van der Waals surface area contributed by atoms with Crippen LogP contribution in [0.2, 0.25) is 0 Å². The lowest BCUT2D eigenvalue weighted by Gasteiger charge is -2.12. The average Bonchev–Trinajstić information content (AvgIpc) is 2.58. The molecule has 0 bridgehead atoms. The highest BCUT2D eigenvalue weighted by Crippen LogP contribution is 2.41. The molecule has 0 fully saturated rings. The van der Waals surface area contributed by atoms with Gasteiger partial charge in [-0.3, -0.25) is 0 Å². The topological polar surface area (TPSA) is 61.6 Å². The van der Waals surface area contributed by atoms with Gasteiger partial charge in [0, 0.05) is 12.1 Å². The Morgan fingerprint density at radius 1 is 0.696 bits per heavy atom. The smallest absolute Gasteiger partial charge is 0.203 e. The summed E-state index contributed by atoms with van der Waals surface area (Å²) in [4.78, 5) is 0. The van der Waals surface area contributed by atoms with Crippen molar-refractivity contribution in [3.63, 3.8) is 0 Å². The first-order valence-corrected chi connectivity index (χ1v) is 7.47. The van der Waals surface area contributed by atoms with Gasteiger partial charge in [-0.2, -0.15) is 10.2 Å². The molecule has 0 N–H and O–H groups in total. The van der Waals surface area contributed by atoms with Crippen LogP contribution < -0.4 is 18.9 Å². The maximum atomic E-state index is 5.29. The molecule has 0 radical (unpaired) electrons. The molecule has 0 amide bonds. The van der Waals surface area contributed by atoms with E-state index in [4.69, 9.17) is 18.9 Å². The van der Waals surface area contributed by atoms with Gasteiger partial charge in [0.25, 0.3) is 0 Å². The molecule has 0 aliphatic heterocycles. The quantitative estimate of drug-likeness (QED) is 0.668. The van der Waals surface area contributed by atoms with Gasteiger partial charge >= 0.3 is 0 Å². The fourth-order valence-electron chi connectivity index (χ4n) is 1.96. The monoisotopic (exact) mass is 380 g/mol. The van der Waals surface area contributed by atoms with Crippen molar-refractivity contribution in [2.24, 2.45) is 10.2 Å². The molecule has 0 aliphatic carbocycles. The van der Waals surface area contributed by atoms with E-state index in [1.165, 1.54) is 0 Å². The maximum Gasteiger partial charge on any atom is 0.203 e. The Hall–Kier alpha value is -2.28. The standard InChI is InChI=1S/C16H17BrN2O4/c1-20-13-6-5-10(7-12(13)17)18-19-11-8-14(21-2)16(23-4)15(9-11)22-3/h5-9H,1-4H3/b19-18+. The molecule has 122 valence electrons. The minimum Gasteiger partial charge on any atom is -0.496 e. The fraction of sp³-hybridized carbons (Fsp3) is 0.250. The van der Waals surface area contributed by atoms with Crippen molar-refractivity contribution in [1.29, 1.82) is 0 Å². The molecule has 23 heavy (non-hydrogen) atoms. The summed E-state index contributed by atoms with van der Waals surface area (Å²) in [7, 11) is 6.27. The van der Waals surface area contributed by atoms with E-state index >= 15 is 0 Å². The zero-order valence-corrected chi connectivity index (χ0v) is 14.9. The van der Waals surface area contributed by atoms with Crippen LogP contribution >= 0.6 is 15.9 Å². The fourth-order valence-corrected chi connectivity index (χ4v) is 2.49. The van der Waals surface area contributed by atoms with E-state index in [2.05, 4.69) is 26.2 Å². The van der Waals surface area contributed by atoms with E-state index < -0.39 is 0 Å². The van der Waals surface area contributed by atoms with Gasteiger partial charge in [0.15, 0.2) is 11.5 Å². The van der Waals surface area contributed by atoms with Crippen molar-refractivity contribution < 1.29 is 18.9 Å². The number of hydrogen-bond donors (Lipinski definition) is 0. The molecule has 0 unspecified atom stereocenters. The number of rotatable bonds is 6. The Morgan fingerprint density at radius 3 is 1.74 bits per heavy atom. The first kappa shape index (κ1) is 17.1. The molecule has 0 aliphatic rings. The molecule has 0 heterocycles. The van der Waals surface area contributed by atoms with E-state index in [9.17, 15) is 0 Å². The number of azo groups is 1. The Kier molecular flexibility index (Phi) is 5.81. The number of ether oxygens (including phenoxy) is 4. The third-order valence-electron chi connectivity index (χ3n) is 3.07. The average molecular weight is 381 g/mol. The molecule has 2 aromatic rings. The van der Waals surface area contributed by atoms with Gasteiger partial charge in [0.1, 0.15) is 5.75 Å². The number of nitrogens with zero attached hydrogens (tertiary/aromatic N) is 2. The third-order valence-corrected chi connectivity index (χ3v) is 3.69. The predicted molar refractivity (Wildman–Crippen MR) is 91.0 cm³/mol. The van der Waals surface area contributed by atoms with Crippen LogP contribution in [-0.2, 0) is 0 Å². The lowest BCUT2D eigenvalue weighted by molar-refractivity contribution is 0.324. The summed E-state index contributed by atoms with van der Waals surface area (Å²) in [5.74, 6) is 2.30. The summed E-state index contributed by atoms with van der Waals surface area (Å²) >= 11 is 3.41. The highest BCUT2D eigenvalue weighted by molar-refractivity contribution is 9.10. The van der Waals surface area contributed by atoms with Crippen molar-refractivity contribution >= 4 is 27.3 Å². The molecule has 0 saturated carbocycles. The second-order valence-electron chi connectivity index (χ2n) is 4.40. The van der Waals surface area contributed by atoms with Crippen LogP contribution in [0.5, 0.6) is 23.0 Å². The van der Waals surface area contributed by atoms with Crippen LogP contribution in [0.3, 0.4) is 0 Å². The van der Waals surface area contributed by atoms with Gasteiger partial charge in [-0.1, -0.05) is 0 Å². The summed E-state index contributed by atoms with van der Waals surface area (Å²) in [5, 5.41) is 8.42. The second-order valence-corrected chi connectivity index (χ2v) is 5.26. The van der Waals surface area contributed by atoms with E-state index in [1.54, 1.807) is 40.6 Å². The predicted octanol–water partition coefficient (Wildman–Crippen LogP) is 4.90. The van der Waals surface area contributed by atoms with Crippen LogP contribution in [0.4, 0.5) is 11.4 Å². The van der Waals surface area contributed by atoms with Crippen molar-refractivity contribution in [2.45, 2.75) is 0 Å². The molecule has 0 aromatic heterocycles. The minimum absolute atomic E-state index is 0.515. The molecule has 0 atom stereocenters. The minimum atomic E-state index is 0.515. The van der Waals surface area contributed by atoms with Crippen LogP contribution in [0.25, 0.3) is 0 Å². The largest absolute Gasteiger partial charge is 0.496 e. The first-order valence-electron chi connectivity index (χ1n) is 6.68. The first-order chi connectivity index (χ1) is 11.1. The van der Waals surface area contributed by atoms with Crippen LogP contribution in [0.1, 0.15) is 0 Å². The van der Waals surface area contributed by atoms with Gasteiger partial charge in [-0.25, -0.2) is 0 Å². The van der Waals surface area contributed by atoms with Crippen LogP contribution in [0.15, 0.2) is 45.0 Å². The highest BCUT2D eigenvalue weighted by atomic mass is 79.9. The summed E-state index contributed by atoms with van der Waals surface area (Å²) in [5.41, 5.74) is 1.28. The van der Waals surface area contributed by atoms with Crippen LogP contribution in [-0.4, -0.2) is 28.4 Å². The molecule has 0 saturated heterocycles. The lowest BCUT2D eigenvalue weighted by atomic mass is 10.2. The van der Waals surface area contributed by atoms with E-state index in [-0.39, 0.29) is 0 Å². The number of methoxy groups -OCH3 is 4. The Bertz CT molecular complexity index is 694. The number of halogens is 1. The zero-order valence-electron chi connectivity index (χ0n) is 13.3. The Morgan fingerprint density at radius 2 is 1.26 bits per heavy atom. The summed E-state index contributed by atoms with van der Waals surface area (Å²) < 4.78 is 21.8. The number of hydrogen-bond acceptors (Lipinski definition) is 6. The summed E-state index contributed by atoms with van der Waals surface area (Å²) in [6.07, 6.45) is 0. The molecular formula is C16H17BrN2O4. The van der Waals surface area contributed by atoms with Crippen molar-refractivity contribution in [2.75, 3.05) is 28.4 Å². The van der Waals surface area contributed by atoms with Crippen LogP contribution in [0, 0.1) is 0 Å². The van der Waals surface area contributed by atoms with E-state index in [1.807, 2.05) is 18.2 Å². The lowest BCUT2D eigenvalue weighted by Crippen LogP contribution is -1.94. The zero-order chi connectivity index (χ0) is 16.8. The molecule has 7 heteroatoms. The van der Waals surface area contributed by atoms with Crippen molar-refractivity contribution in [1.82, 2.24) is 0 Å². The summed E-state index contributed by atoms with van der Waals surface area (Å²) in [6, 6.07) is 8.89. The Labute approximate surface area is 143 Å². The van der Waals surface area contributed by atoms with Gasteiger partial charge in [-0.05, 0) is 34.1 Å². The van der Waals surface area contributed by atoms with Gasteiger partial charge in [0.05, 0.1) is 44.3 Å². The third kappa shape index (κ3) is 3.92. The molecule has 0 spiro atoms. The van der Waals surface area contributed by atoms with E-state index in [0.29, 0.717) is 28.6 Å². The highest BCUT2D eigenvalue weighted by Gasteiger charge is 2.13. The number of benzene rings is 2. The molecule has 6 nitrogen and oxygen atoms in total. The molecule has 2 rings (SSSR count). The molecule has 2 aromatic carbocycles. The molecular weight excluding hydrogens is 364 g/mol. The van der Waals surface area contributed by atoms with Gasteiger partial charge < -0.3 is 18.9 Å². The maximum absolute atomic E-state index is 5.29. The van der Waals surface area contributed by atoms with Gasteiger partial charge in [0.2, 0.25) is 5.75 Å². The Balaban J connectivity index is 2.34.